The van der Waals surface area contributed by atoms with Crippen molar-refractivity contribution in [2.45, 2.75) is 33.1 Å². The standard InChI is InChI=1S/C17H26N2O2/c1-12(2)13-6-5-10-19(11-9-13)17(20)14-7-4-8-15(18)16(14)21-3/h4,7-8,12-13H,5-6,9-11,18H2,1-3H3. The number of carbonyl (C=O) groups excluding carboxylic acids is 1. The van der Waals surface area contributed by atoms with Crippen LogP contribution in [0.5, 0.6) is 5.75 Å². The lowest BCUT2D eigenvalue weighted by Crippen LogP contribution is -2.32. The fourth-order valence-electron chi connectivity index (χ4n) is 3.11. The summed E-state index contributed by atoms with van der Waals surface area (Å²) in [6.07, 6.45) is 3.35. The van der Waals surface area contributed by atoms with Crippen molar-refractivity contribution in [2.24, 2.45) is 11.8 Å². The lowest BCUT2D eigenvalue weighted by molar-refractivity contribution is 0.0755. The Morgan fingerprint density at radius 1 is 1.33 bits per heavy atom. The van der Waals surface area contributed by atoms with E-state index in [1.54, 1.807) is 25.3 Å². The smallest absolute Gasteiger partial charge is 0.257 e. The number of hydrogen-bond donors (Lipinski definition) is 1. The van der Waals surface area contributed by atoms with E-state index in [-0.39, 0.29) is 5.91 Å². The van der Waals surface area contributed by atoms with E-state index in [0.29, 0.717) is 28.8 Å². The predicted octanol–water partition coefficient (Wildman–Crippen LogP) is 3.18. The molecule has 0 radical (unpaired) electrons. The monoisotopic (exact) mass is 290 g/mol. The second-order valence-corrected chi connectivity index (χ2v) is 6.16. The Hall–Kier alpha value is -1.71. The molecule has 1 aliphatic heterocycles. The lowest BCUT2D eigenvalue weighted by atomic mass is 9.89. The summed E-state index contributed by atoms with van der Waals surface area (Å²) in [5.74, 6) is 1.92. The molecule has 1 saturated heterocycles. The van der Waals surface area contributed by atoms with E-state index in [9.17, 15) is 4.79 Å². The molecule has 2 rings (SSSR count). The highest BCUT2D eigenvalue weighted by Gasteiger charge is 2.25. The van der Waals surface area contributed by atoms with Crippen LogP contribution in [-0.2, 0) is 0 Å². The van der Waals surface area contributed by atoms with Crippen LogP contribution in [0.1, 0.15) is 43.5 Å². The van der Waals surface area contributed by atoms with Crippen LogP contribution in [0.2, 0.25) is 0 Å². The van der Waals surface area contributed by atoms with Gasteiger partial charge in [-0.3, -0.25) is 4.79 Å². The average Bonchev–Trinajstić information content (AvgIpc) is 2.72. The van der Waals surface area contributed by atoms with Gasteiger partial charge in [0.1, 0.15) is 0 Å². The first-order chi connectivity index (χ1) is 10.0. The fourth-order valence-corrected chi connectivity index (χ4v) is 3.11. The van der Waals surface area contributed by atoms with Gasteiger partial charge in [-0.1, -0.05) is 19.9 Å². The quantitative estimate of drug-likeness (QED) is 0.870. The summed E-state index contributed by atoms with van der Waals surface area (Å²) in [5.41, 5.74) is 6.98. The van der Waals surface area contributed by atoms with E-state index in [4.69, 9.17) is 10.5 Å². The largest absolute Gasteiger partial charge is 0.494 e. The molecule has 1 aliphatic rings. The number of ether oxygens (including phenoxy) is 1. The molecule has 0 saturated carbocycles. The molecule has 21 heavy (non-hydrogen) atoms. The van der Waals surface area contributed by atoms with Gasteiger partial charge in [-0.2, -0.15) is 0 Å². The molecule has 4 nitrogen and oxygen atoms in total. The third-order valence-electron chi connectivity index (χ3n) is 4.48. The molecule has 1 amide bonds. The lowest BCUT2D eigenvalue weighted by Gasteiger charge is -2.23. The maximum absolute atomic E-state index is 12.8. The van der Waals surface area contributed by atoms with Crippen molar-refractivity contribution in [3.63, 3.8) is 0 Å². The molecular weight excluding hydrogens is 264 g/mol. The number of likely N-dealkylation sites (tertiary alicyclic amines) is 1. The van der Waals surface area contributed by atoms with Gasteiger partial charge in [0, 0.05) is 13.1 Å². The number of nitrogen functional groups attached to an aromatic ring is 1. The Labute approximate surface area is 127 Å². The highest BCUT2D eigenvalue weighted by molar-refractivity contribution is 5.98. The number of rotatable bonds is 3. The van der Waals surface area contributed by atoms with Crippen molar-refractivity contribution in [3.05, 3.63) is 23.8 Å². The van der Waals surface area contributed by atoms with Crippen LogP contribution in [0.3, 0.4) is 0 Å². The normalized spacial score (nSPS) is 19.4. The van der Waals surface area contributed by atoms with Crippen molar-refractivity contribution >= 4 is 11.6 Å². The second-order valence-electron chi connectivity index (χ2n) is 6.16. The molecule has 1 heterocycles. The van der Waals surface area contributed by atoms with Gasteiger partial charge in [0.2, 0.25) is 0 Å². The zero-order chi connectivity index (χ0) is 15.4. The summed E-state index contributed by atoms with van der Waals surface area (Å²) >= 11 is 0. The number of nitrogens with zero attached hydrogens (tertiary/aromatic N) is 1. The third-order valence-corrected chi connectivity index (χ3v) is 4.48. The van der Waals surface area contributed by atoms with Crippen LogP contribution in [0.25, 0.3) is 0 Å². The SMILES string of the molecule is COc1c(N)cccc1C(=O)N1CCCC(C(C)C)CC1. The van der Waals surface area contributed by atoms with Gasteiger partial charge < -0.3 is 15.4 Å². The number of para-hydroxylation sites is 1. The number of nitrogens with two attached hydrogens (primary N) is 1. The van der Waals surface area contributed by atoms with Crippen LogP contribution in [0, 0.1) is 11.8 Å². The summed E-state index contributed by atoms with van der Waals surface area (Å²) in [5, 5.41) is 0. The Morgan fingerprint density at radius 2 is 2.10 bits per heavy atom. The number of anilines is 1. The van der Waals surface area contributed by atoms with Gasteiger partial charge in [-0.15, -0.1) is 0 Å². The van der Waals surface area contributed by atoms with Crippen LogP contribution >= 0.6 is 0 Å². The molecular formula is C17H26N2O2. The highest BCUT2D eigenvalue weighted by atomic mass is 16.5. The zero-order valence-electron chi connectivity index (χ0n) is 13.3. The molecule has 0 aliphatic carbocycles. The maximum Gasteiger partial charge on any atom is 0.257 e. The first-order valence-electron chi connectivity index (χ1n) is 7.76. The molecule has 2 N–H and O–H groups in total. The van der Waals surface area contributed by atoms with Crippen molar-refractivity contribution in [2.75, 3.05) is 25.9 Å². The topological polar surface area (TPSA) is 55.6 Å². The fraction of sp³-hybridized carbons (Fsp3) is 0.588. The molecule has 0 bridgehead atoms. The Balaban J connectivity index is 2.15. The number of benzene rings is 1. The first kappa shape index (κ1) is 15.7. The molecule has 1 atom stereocenters. The Kier molecular flexibility index (Phi) is 5.10. The van der Waals surface area contributed by atoms with Gasteiger partial charge in [-0.25, -0.2) is 0 Å². The minimum absolute atomic E-state index is 0.0311. The van der Waals surface area contributed by atoms with Gasteiger partial charge in [0.05, 0.1) is 18.4 Å². The van der Waals surface area contributed by atoms with E-state index >= 15 is 0 Å². The van der Waals surface area contributed by atoms with Gasteiger partial charge >= 0.3 is 0 Å². The molecule has 4 heteroatoms. The molecule has 1 aromatic rings. The molecule has 116 valence electrons. The number of hydrogen-bond acceptors (Lipinski definition) is 3. The zero-order valence-corrected chi connectivity index (χ0v) is 13.3. The minimum Gasteiger partial charge on any atom is -0.494 e. The predicted molar refractivity (Wildman–Crippen MR) is 85.5 cm³/mol. The van der Waals surface area contributed by atoms with Crippen LogP contribution < -0.4 is 10.5 Å². The Morgan fingerprint density at radius 3 is 2.76 bits per heavy atom. The summed E-state index contributed by atoms with van der Waals surface area (Å²) in [7, 11) is 1.56. The summed E-state index contributed by atoms with van der Waals surface area (Å²) in [6, 6.07) is 5.36. The van der Waals surface area contributed by atoms with E-state index in [2.05, 4.69) is 13.8 Å². The van der Waals surface area contributed by atoms with Gasteiger partial charge in [0.25, 0.3) is 5.91 Å². The van der Waals surface area contributed by atoms with Crippen molar-refractivity contribution in [3.8, 4) is 5.75 Å². The number of methoxy groups -OCH3 is 1. The van der Waals surface area contributed by atoms with Crippen molar-refractivity contribution < 1.29 is 9.53 Å². The van der Waals surface area contributed by atoms with E-state index < -0.39 is 0 Å². The van der Waals surface area contributed by atoms with Gasteiger partial charge in [-0.05, 0) is 43.2 Å². The molecule has 0 aromatic heterocycles. The maximum atomic E-state index is 12.8. The van der Waals surface area contributed by atoms with Crippen LogP contribution in [0.15, 0.2) is 18.2 Å². The highest BCUT2D eigenvalue weighted by Crippen LogP contribution is 2.29. The minimum atomic E-state index is 0.0311. The number of amides is 1. The molecule has 1 aromatic carbocycles. The number of carbonyl (C=O) groups is 1. The van der Waals surface area contributed by atoms with E-state index in [1.807, 2.05) is 4.90 Å². The van der Waals surface area contributed by atoms with E-state index in [0.717, 1.165) is 25.9 Å². The molecule has 1 unspecified atom stereocenters. The second kappa shape index (κ2) is 6.83. The van der Waals surface area contributed by atoms with Gasteiger partial charge in [0.15, 0.2) is 5.75 Å². The average molecular weight is 290 g/mol. The molecule has 1 fully saturated rings. The molecule has 0 spiro atoms. The summed E-state index contributed by atoms with van der Waals surface area (Å²) in [4.78, 5) is 14.7. The van der Waals surface area contributed by atoms with Crippen molar-refractivity contribution in [1.29, 1.82) is 0 Å². The summed E-state index contributed by atoms with van der Waals surface area (Å²) < 4.78 is 5.31. The van der Waals surface area contributed by atoms with Crippen LogP contribution in [-0.4, -0.2) is 31.0 Å². The summed E-state index contributed by atoms with van der Waals surface area (Å²) in [6.45, 7) is 6.17. The Bertz CT molecular complexity index is 500. The van der Waals surface area contributed by atoms with Crippen molar-refractivity contribution in [1.82, 2.24) is 4.90 Å². The third kappa shape index (κ3) is 3.49. The first-order valence-corrected chi connectivity index (χ1v) is 7.76. The van der Waals surface area contributed by atoms with E-state index in [1.165, 1.54) is 6.42 Å². The van der Waals surface area contributed by atoms with Crippen LogP contribution in [0.4, 0.5) is 5.69 Å².